The van der Waals surface area contributed by atoms with Crippen LogP contribution in [0.25, 0.3) is 0 Å². The van der Waals surface area contributed by atoms with Gasteiger partial charge in [-0.25, -0.2) is 8.42 Å². The maximum absolute atomic E-state index is 13.0. The van der Waals surface area contributed by atoms with E-state index in [0.717, 1.165) is 11.1 Å². The summed E-state index contributed by atoms with van der Waals surface area (Å²) >= 11 is 0. The molecule has 0 saturated heterocycles. The topological polar surface area (TPSA) is 75.0 Å². The second-order valence-corrected chi connectivity index (χ2v) is 8.40. The van der Waals surface area contributed by atoms with Gasteiger partial charge in [-0.1, -0.05) is 47.5 Å². The zero-order valence-electron chi connectivity index (χ0n) is 13.4. The number of benzene rings is 2. The maximum Gasteiger partial charge on any atom is 0.183 e. The summed E-state index contributed by atoms with van der Waals surface area (Å²) in [5, 5.41) is 8.48. The largest absolute Gasteiger partial charge is 0.302 e. The van der Waals surface area contributed by atoms with E-state index in [9.17, 15) is 18.5 Å². The van der Waals surface area contributed by atoms with Gasteiger partial charge >= 0.3 is 0 Å². The molecule has 122 valence electrons. The smallest absolute Gasteiger partial charge is 0.183 e. The fourth-order valence-electron chi connectivity index (χ4n) is 3.21. The molecular formula is C19H17NO3S. The minimum Gasteiger partial charge on any atom is -0.302 e. The molecule has 0 aromatic heterocycles. The van der Waals surface area contributed by atoms with Gasteiger partial charge in [-0.3, -0.25) is 0 Å². The first-order valence-corrected chi connectivity index (χ1v) is 9.16. The van der Waals surface area contributed by atoms with E-state index < -0.39 is 26.4 Å². The lowest BCUT2D eigenvalue weighted by Gasteiger charge is -2.05. The van der Waals surface area contributed by atoms with Crippen LogP contribution in [-0.4, -0.2) is 20.0 Å². The summed E-state index contributed by atoms with van der Waals surface area (Å²) in [6, 6.07) is 15.7. The summed E-state index contributed by atoms with van der Waals surface area (Å²) in [7, 11) is -3.78. The van der Waals surface area contributed by atoms with E-state index in [4.69, 9.17) is 0 Å². The molecule has 3 atom stereocenters. The van der Waals surface area contributed by atoms with Crippen LogP contribution in [0.2, 0.25) is 0 Å². The molecule has 1 aliphatic carbocycles. The van der Waals surface area contributed by atoms with Crippen LogP contribution in [-0.2, 0) is 14.6 Å². The number of hydrogen-bond donors (Lipinski definition) is 0. The maximum atomic E-state index is 13.0. The van der Waals surface area contributed by atoms with Crippen molar-refractivity contribution in [3.05, 3.63) is 65.2 Å². The Hall–Kier alpha value is -2.45. The number of nitriles is 1. The Kier molecular flexibility index (Phi) is 3.81. The second-order valence-electron chi connectivity index (χ2n) is 6.33. The number of sulfone groups is 1. The van der Waals surface area contributed by atoms with E-state index in [1.165, 1.54) is 12.1 Å². The van der Waals surface area contributed by atoms with E-state index >= 15 is 0 Å². The third kappa shape index (κ3) is 2.35. The monoisotopic (exact) mass is 339 g/mol. The normalized spacial score (nSPS) is 25.7. The van der Waals surface area contributed by atoms with E-state index in [1.807, 2.05) is 32.0 Å². The summed E-state index contributed by atoms with van der Waals surface area (Å²) in [6.07, 6.45) is 0.494. The molecule has 0 radical (unpaired) electrons. The number of rotatable bonds is 4. The first-order valence-electron chi connectivity index (χ1n) is 7.61. The molecule has 1 saturated carbocycles. The van der Waals surface area contributed by atoms with Crippen molar-refractivity contribution in [3.8, 4) is 6.07 Å². The number of hydrogen-bond acceptors (Lipinski definition) is 4. The molecule has 4 nitrogen and oxygen atoms in total. The lowest BCUT2D eigenvalue weighted by Crippen LogP contribution is -2.16. The van der Waals surface area contributed by atoms with Crippen LogP contribution in [0.5, 0.6) is 0 Å². The van der Waals surface area contributed by atoms with Crippen molar-refractivity contribution in [2.24, 2.45) is 5.41 Å². The molecule has 0 unspecified atom stereocenters. The van der Waals surface area contributed by atoms with Crippen LogP contribution in [0.3, 0.4) is 0 Å². The van der Waals surface area contributed by atoms with E-state index in [-0.39, 0.29) is 4.90 Å². The summed E-state index contributed by atoms with van der Waals surface area (Å²) in [5.41, 5.74) is 1.17. The van der Waals surface area contributed by atoms with Gasteiger partial charge in [0, 0.05) is 5.92 Å². The standard InChI is InChI=1S/C19H17NO3S/c1-13-3-7-15(8-4-13)17-18(19(17,11-20)12-21)24(22,23)16-9-5-14(2)6-10-16/h3-10,12,17-18H,1-2H3/t17-,18-,19-/m1/s1. The van der Waals surface area contributed by atoms with Gasteiger partial charge in [0.1, 0.15) is 17.0 Å². The fraction of sp³-hybridized carbons (Fsp3) is 0.263. The first-order chi connectivity index (χ1) is 11.4. The van der Waals surface area contributed by atoms with Crippen molar-refractivity contribution >= 4 is 16.1 Å². The molecular weight excluding hydrogens is 322 g/mol. The summed E-state index contributed by atoms with van der Waals surface area (Å²) < 4.78 is 26.0. The number of carbonyl (C=O) groups is 1. The Morgan fingerprint density at radius 3 is 1.96 bits per heavy atom. The average molecular weight is 339 g/mol. The molecule has 3 rings (SSSR count). The lowest BCUT2D eigenvalue weighted by atomic mass is 10.0. The first kappa shape index (κ1) is 16.4. The van der Waals surface area contributed by atoms with E-state index in [1.54, 1.807) is 24.3 Å². The zero-order valence-corrected chi connectivity index (χ0v) is 14.2. The van der Waals surface area contributed by atoms with Crippen LogP contribution in [0, 0.1) is 30.6 Å². The molecule has 0 heterocycles. The highest BCUT2D eigenvalue weighted by Gasteiger charge is 2.72. The molecule has 5 heteroatoms. The predicted molar refractivity (Wildman–Crippen MR) is 90.2 cm³/mol. The molecule has 0 aliphatic heterocycles. The molecule has 2 aromatic carbocycles. The van der Waals surface area contributed by atoms with Crippen LogP contribution in [0.4, 0.5) is 0 Å². The Bertz CT molecular complexity index is 924. The third-order valence-electron chi connectivity index (χ3n) is 4.69. The van der Waals surface area contributed by atoms with Gasteiger partial charge in [0.05, 0.1) is 11.0 Å². The highest BCUT2D eigenvalue weighted by Crippen LogP contribution is 2.62. The molecule has 0 bridgehead atoms. The molecule has 24 heavy (non-hydrogen) atoms. The fourth-order valence-corrected chi connectivity index (χ4v) is 5.45. The molecule has 1 fully saturated rings. The van der Waals surface area contributed by atoms with Crippen molar-refractivity contribution in [2.75, 3.05) is 0 Å². The van der Waals surface area contributed by atoms with Crippen LogP contribution >= 0.6 is 0 Å². The van der Waals surface area contributed by atoms with Gasteiger partial charge < -0.3 is 4.79 Å². The molecule has 0 spiro atoms. The molecule has 0 N–H and O–H groups in total. The van der Waals surface area contributed by atoms with Crippen molar-refractivity contribution in [1.29, 1.82) is 5.26 Å². The van der Waals surface area contributed by atoms with Gasteiger partial charge in [0.15, 0.2) is 9.84 Å². The van der Waals surface area contributed by atoms with Gasteiger partial charge in [0.25, 0.3) is 0 Å². The predicted octanol–water partition coefficient (Wildman–Crippen LogP) is 2.95. The summed E-state index contributed by atoms with van der Waals surface area (Å²) in [4.78, 5) is 11.8. The highest BCUT2D eigenvalue weighted by atomic mass is 32.2. The zero-order chi connectivity index (χ0) is 17.5. The summed E-state index contributed by atoms with van der Waals surface area (Å²) in [6.45, 7) is 3.79. The Morgan fingerprint density at radius 2 is 1.50 bits per heavy atom. The van der Waals surface area contributed by atoms with E-state index in [2.05, 4.69) is 0 Å². The number of nitrogens with zero attached hydrogens (tertiary/aromatic N) is 1. The number of aldehydes is 1. The van der Waals surface area contributed by atoms with Crippen LogP contribution in [0.15, 0.2) is 53.4 Å². The lowest BCUT2D eigenvalue weighted by molar-refractivity contribution is -0.110. The van der Waals surface area contributed by atoms with Gasteiger partial charge in [-0.15, -0.1) is 0 Å². The quantitative estimate of drug-likeness (QED) is 0.803. The Morgan fingerprint density at radius 1 is 1.00 bits per heavy atom. The Balaban J connectivity index is 2.08. The van der Waals surface area contributed by atoms with Crippen LogP contribution < -0.4 is 0 Å². The summed E-state index contributed by atoms with van der Waals surface area (Å²) in [5.74, 6) is -0.632. The van der Waals surface area contributed by atoms with Gasteiger partial charge in [0.2, 0.25) is 0 Å². The van der Waals surface area contributed by atoms with Gasteiger partial charge in [-0.2, -0.15) is 5.26 Å². The average Bonchev–Trinajstić information content (AvgIpc) is 3.26. The van der Waals surface area contributed by atoms with Crippen molar-refractivity contribution in [1.82, 2.24) is 0 Å². The van der Waals surface area contributed by atoms with E-state index in [0.29, 0.717) is 11.8 Å². The third-order valence-corrected chi connectivity index (χ3v) is 6.95. The highest BCUT2D eigenvalue weighted by molar-refractivity contribution is 7.92. The second kappa shape index (κ2) is 5.57. The van der Waals surface area contributed by atoms with Crippen molar-refractivity contribution in [3.63, 3.8) is 0 Å². The molecule has 2 aromatic rings. The molecule has 1 aliphatic rings. The van der Waals surface area contributed by atoms with Gasteiger partial charge in [-0.05, 0) is 31.5 Å². The minimum atomic E-state index is -3.78. The number of aryl methyl sites for hydroxylation is 2. The Labute approximate surface area is 141 Å². The minimum absolute atomic E-state index is 0.147. The van der Waals surface area contributed by atoms with Crippen molar-refractivity contribution < 1.29 is 13.2 Å². The molecule has 0 amide bonds. The van der Waals surface area contributed by atoms with Crippen molar-refractivity contribution in [2.45, 2.75) is 29.9 Å². The SMILES string of the molecule is Cc1ccc([C@@H]2[C@@H](S(=O)(=O)c3ccc(C)cc3)[C@]2(C#N)C=O)cc1. The number of carbonyl (C=O) groups excluding carboxylic acids is 1. The van der Waals surface area contributed by atoms with Crippen LogP contribution in [0.1, 0.15) is 22.6 Å².